The lowest BCUT2D eigenvalue weighted by Crippen LogP contribution is -2.40. The second kappa shape index (κ2) is 6.74. The molecule has 2 aliphatic heterocycles. The summed E-state index contributed by atoms with van der Waals surface area (Å²) in [6.45, 7) is 2.04. The van der Waals surface area contributed by atoms with Crippen molar-refractivity contribution in [3.8, 4) is 0 Å². The molecule has 0 bridgehead atoms. The minimum Gasteiger partial charge on any atom is -0.371 e. The number of carbonyl (C=O) groups is 2. The highest BCUT2D eigenvalue weighted by Gasteiger charge is 2.34. The zero-order chi connectivity index (χ0) is 19.3. The fraction of sp³-hybridized carbons (Fsp3) is 0.217. The van der Waals surface area contributed by atoms with Crippen molar-refractivity contribution in [3.63, 3.8) is 0 Å². The van der Waals surface area contributed by atoms with E-state index in [2.05, 4.69) is 20.8 Å². The molecule has 3 aromatic rings. The summed E-state index contributed by atoms with van der Waals surface area (Å²) in [5, 5.41) is 1.78. The van der Waals surface area contributed by atoms with E-state index in [4.69, 9.17) is 0 Å². The Labute approximate surface area is 171 Å². The Kier molecular flexibility index (Phi) is 4.20. The number of imide groups is 1. The normalized spacial score (nSPS) is 16.8. The first kappa shape index (κ1) is 17.4. The topological polar surface area (TPSA) is 40.6 Å². The van der Waals surface area contributed by atoms with Crippen LogP contribution in [0, 0.1) is 0 Å². The summed E-state index contributed by atoms with van der Waals surface area (Å²) in [6.07, 6.45) is 3.62. The highest BCUT2D eigenvalue weighted by Crippen LogP contribution is 2.38. The van der Waals surface area contributed by atoms with Crippen molar-refractivity contribution in [1.29, 1.82) is 0 Å². The van der Waals surface area contributed by atoms with Gasteiger partial charge in [-0.3, -0.25) is 9.59 Å². The molecule has 0 N–H and O–H groups in total. The Hall–Kier alpha value is -2.66. The maximum atomic E-state index is 13.3. The molecule has 1 saturated heterocycles. The summed E-state index contributed by atoms with van der Waals surface area (Å²) < 4.78 is 0.904. The van der Waals surface area contributed by atoms with Crippen molar-refractivity contribution in [3.05, 3.63) is 70.2 Å². The molecule has 1 fully saturated rings. The number of nitrogens with zero attached hydrogens (tertiary/aromatic N) is 2. The highest BCUT2D eigenvalue weighted by molar-refractivity contribution is 9.10. The van der Waals surface area contributed by atoms with E-state index in [1.807, 2.05) is 42.5 Å². The third-order valence-electron chi connectivity index (χ3n) is 5.67. The monoisotopic (exact) mass is 434 g/mol. The summed E-state index contributed by atoms with van der Waals surface area (Å²) in [5.74, 6) is -0.526. The number of amides is 2. The third-order valence-corrected chi connectivity index (χ3v) is 6.19. The molecule has 0 atom stereocenters. The van der Waals surface area contributed by atoms with Gasteiger partial charge in [0.2, 0.25) is 0 Å². The minimum atomic E-state index is -0.263. The van der Waals surface area contributed by atoms with Gasteiger partial charge in [-0.05, 0) is 61.7 Å². The van der Waals surface area contributed by atoms with Gasteiger partial charge in [0.25, 0.3) is 11.8 Å². The minimum absolute atomic E-state index is 0.263. The summed E-state index contributed by atoms with van der Waals surface area (Å²) in [4.78, 5) is 30.2. The first-order valence-electron chi connectivity index (χ1n) is 9.60. The van der Waals surface area contributed by atoms with Crippen LogP contribution in [-0.2, 0) is 0 Å². The number of rotatable bonds is 2. The summed E-state index contributed by atoms with van der Waals surface area (Å²) in [5.41, 5.74) is 2.89. The molecule has 0 unspecified atom stereocenters. The van der Waals surface area contributed by atoms with E-state index in [-0.39, 0.29) is 11.8 Å². The van der Waals surface area contributed by atoms with Crippen LogP contribution in [-0.4, -0.2) is 24.9 Å². The summed E-state index contributed by atoms with van der Waals surface area (Å²) >= 11 is 3.40. The molecule has 5 heteroatoms. The van der Waals surface area contributed by atoms with Crippen LogP contribution < -0.4 is 9.80 Å². The van der Waals surface area contributed by atoms with Crippen LogP contribution in [0.25, 0.3) is 10.8 Å². The van der Waals surface area contributed by atoms with E-state index in [9.17, 15) is 9.59 Å². The molecule has 0 aromatic heterocycles. The number of hydrogen-bond donors (Lipinski definition) is 0. The molecular weight excluding hydrogens is 416 g/mol. The van der Waals surface area contributed by atoms with Gasteiger partial charge in [0.1, 0.15) is 0 Å². The maximum absolute atomic E-state index is 13.3. The standard InChI is InChI=1S/C23H19BrN2O2/c24-15-7-9-16(10-8-15)26-22(27)18-6-4-5-17-20(25-13-2-1-3-14-25)12-11-19(21(17)18)23(26)28/h4-12H,1-3,13-14H2. The van der Waals surface area contributed by atoms with Crippen molar-refractivity contribution >= 4 is 49.9 Å². The van der Waals surface area contributed by atoms with E-state index < -0.39 is 0 Å². The van der Waals surface area contributed by atoms with Gasteiger partial charge >= 0.3 is 0 Å². The number of hydrogen-bond acceptors (Lipinski definition) is 3. The summed E-state index contributed by atoms with van der Waals surface area (Å²) in [7, 11) is 0. The molecule has 0 spiro atoms. The number of anilines is 2. The lowest BCUT2D eigenvalue weighted by atomic mass is 9.92. The van der Waals surface area contributed by atoms with Gasteiger partial charge in [0.15, 0.2) is 0 Å². The molecule has 0 saturated carbocycles. The second-order valence-electron chi connectivity index (χ2n) is 7.33. The highest BCUT2D eigenvalue weighted by atomic mass is 79.9. The fourth-order valence-corrected chi connectivity index (χ4v) is 4.58. The van der Waals surface area contributed by atoms with Crippen LogP contribution in [0.4, 0.5) is 11.4 Å². The third kappa shape index (κ3) is 2.65. The molecule has 140 valence electrons. The largest absolute Gasteiger partial charge is 0.371 e. The zero-order valence-electron chi connectivity index (χ0n) is 15.3. The van der Waals surface area contributed by atoms with Crippen LogP contribution in [0.5, 0.6) is 0 Å². The Bertz CT molecular complexity index is 1080. The van der Waals surface area contributed by atoms with Gasteiger partial charge in [-0.15, -0.1) is 0 Å². The van der Waals surface area contributed by atoms with Crippen LogP contribution in [0.15, 0.2) is 59.1 Å². The van der Waals surface area contributed by atoms with Crippen LogP contribution in [0.3, 0.4) is 0 Å². The molecule has 2 heterocycles. The zero-order valence-corrected chi connectivity index (χ0v) is 16.9. The Morgan fingerprint density at radius 1 is 0.750 bits per heavy atom. The molecule has 0 radical (unpaired) electrons. The molecule has 28 heavy (non-hydrogen) atoms. The molecule has 2 aliphatic rings. The Morgan fingerprint density at radius 3 is 2.14 bits per heavy atom. The Morgan fingerprint density at radius 2 is 1.43 bits per heavy atom. The van der Waals surface area contributed by atoms with Gasteiger partial charge < -0.3 is 4.90 Å². The predicted molar refractivity (Wildman–Crippen MR) is 115 cm³/mol. The number of benzene rings is 3. The second-order valence-corrected chi connectivity index (χ2v) is 8.25. The number of piperidine rings is 1. The average Bonchev–Trinajstić information content (AvgIpc) is 2.73. The lowest BCUT2D eigenvalue weighted by molar-refractivity contribution is 0.0893. The first-order chi connectivity index (χ1) is 13.6. The van der Waals surface area contributed by atoms with E-state index in [0.717, 1.165) is 34.0 Å². The molecular formula is C23H19BrN2O2. The van der Waals surface area contributed by atoms with Crippen LogP contribution in [0.2, 0.25) is 0 Å². The average molecular weight is 435 g/mol. The first-order valence-corrected chi connectivity index (χ1v) is 10.4. The molecule has 3 aromatic carbocycles. The Balaban J connectivity index is 1.68. The van der Waals surface area contributed by atoms with E-state index in [1.165, 1.54) is 24.2 Å². The van der Waals surface area contributed by atoms with Gasteiger partial charge in [-0.1, -0.05) is 28.1 Å². The predicted octanol–water partition coefficient (Wildman–Crippen LogP) is 5.39. The SMILES string of the molecule is O=C1c2cccc3c(N4CCCCC4)ccc(c23)C(=O)N1c1ccc(Br)cc1. The quantitative estimate of drug-likeness (QED) is 0.507. The maximum Gasteiger partial charge on any atom is 0.265 e. The number of halogens is 1. The van der Waals surface area contributed by atoms with Crippen molar-refractivity contribution in [2.45, 2.75) is 19.3 Å². The summed E-state index contributed by atoms with van der Waals surface area (Å²) in [6, 6.07) is 16.9. The van der Waals surface area contributed by atoms with E-state index in [1.54, 1.807) is 12.1 Å². The van der Waals surface area contributed by atoms with Crippen LogP contribution >= 0.6 is 15.9 Å². The van der Waals surface area contributed by atoms with Crippen molar-refractivity contribution < 1.29 is 9.59 Å². The van der Waals surface area contributed by atoms with Crippen molar-refractivity contribution in [2.75, 3.05) is 22.9 Å². The molecule has 0 aliphatic carbocycles. The van der Waals surface area contributed by atoms with Gasteiger partial charge in [-0.2, -0.15) is 0 Å². The van der Waals surface area contributed by atoms with Crippen molar-refractivity contribution in [2.24, 2.45) is 0 Å². The molecule has 2 amide bonds. The van der Waals surface area contributed by atoms with Crippen LogP contribution in [0.1, 0.15) is 40.0 Å². The smallest absolute Gasteiger partial charge is 0.265 e. The molecule has 5 rings (SSSR count). The molecule has 4 nitrogen and oxygen atoms in total. The lowest BCUT2D eigenvalue weighted by Gasteiger charge is -2.32. The number of carbonyl (C=O) groups excluding carboxylic acids is 2. The van der Waals surface area contributed by atoms with E-state index in [0.29, 0.717) is 16.8 Å². The van der Waals surface area contributed by atoms with Gasteiger partial charge in [0.05, 0.1) is 5.69 Å². The van der Waals surface area contributed by atoms with Gasteiger partial charge in [-0.25, -0.2) is 4.90 Å². The van der Waals surface area contributed by atoms with E-state index >= 15 is 0 Å². The van der Waals surface area contributed by atoms with Gasteiger partial charge in [0, 0.05) is 45.1 Å². The fourth-order valence-electron chi connectivity index (χ4n) is 4.32. The van der Waals surface area contributed by atoms with Crippen molar-refractivity contribution in [1.82, 2.24) is 0 Å².